The molecule has 128 valence electrons. The Labute approximate surface area is 162 Å². The van der Waals surface area contributed by atoms with Crippen molar-refractivity contribution >= 4 is 56.4 Å². The standard InChI is InChI=1S/C24H20S2/c1-17-3-7-19(8-4-17)11-13-22-15-21-16-23(26-24(21)25-22)14-12-20-9-5-18(2)6-10-20/h3-16H,1-2H3/b13-11+,14-12+. The van der Waals surface area contributed by atoms with E-state index in [1.807, 2.05) is 22.7 Å². The van der Waals surface area contributed by atoms with Crippen molar-refractivity contribution in [2.24, 2.45) is 0 Å². The maximum absolute atomic E-state index is 2.28. The molecule has 2 aromatic carbocycles. The zero-order valence-corrected chi connectivity index (χ0v) is 16.5. The third kappa shape index (κ3) is 4.04. The highest BCUT2D eigenvalue weighted by Gasteiger charge is 2.04. The average molecular weight is 373 g/mol. The molecule has 26 heavy (non-hydrogen) atoms. The Bertz CT molecular complexity index is 955. The van der Waals surface area contributed by atoms with Crippen LogP contribution in [0.2, 0.25) is 0 Å². The van der Waals surface area contributed by atoms with Crippen molar-refractivity contribution in [2.75, 3.05) is 0 Å². The van der Waals surface area contributed by atoms with Gasteiger partial charge in [-0.15, -0.1) is 22.7 Å². The van der Waals surface area contributed by atoms with Gasteiger partial charge < -0.3 is 0 Å². The largest absolute Gasteiger partial charge is 0.125 e. The Kier molecular flexibility index (Phi) is 4.87. The topological polar surface area (TPSA) is 0 Å². The molecule has 2 heterocycles. The summed E-state index contributed by atoms with van der Waals surface area (Å²) in [5.41, 5.74) is 5.08. The normalized spacial score (nSPS) is 11.9. The Morgan fingerprint density at radius 3 is 1.38 bits per heavy atom. The predicted octanol–water partition coefficient (Wildman–Crippen LogP) is 7.92. The van der Waals surface area contributed by atoms with E-state index < -0.39 is 0 Å². The van der Waals surface area contributed by atoms with Crippen LogP contribution in [-0.2, 0) is 0 Å². The summed E-state index contributed by atoms with van der Waals surface area (Å²) in [6, 6.07) is 21.8. The Morgan fingerprint density at radius 1 is 0.577 bits per heavy atom. The Balaban J connectivity index is 1.50. The number of benzene rings is 2. The van der Waals surface area contributed by atoms with E-state index in [1.165, 1.54) is 41.4 Å². The smallest absolute Gasteiger partial charge is 0.0877 e. The molecule has 0 aliphatic carbocycles. The zero-order chi connectivity index (χ0) is 17.9. The first-order chi connectivity index (χ1) is 12.7. The lowest BCUT2D eigenvalue weighted by molar-refractivity contribution is 1.46. The summed E-state index contributed by atoms with van der Waals surface area (Å²) in [6.07, 6.45) is 8.80. The van der Waals surface area contributed by atoms with Crippen LogP contribution in [0.1, 0.15) is 32.0 Å². The van der Waals surface area contributed by atoms with Crippen molar-refractivity contribution in [3.63, 3.8) is 0 Å². The Hall–Kier alpha value is -2.42. The fourth-order valence-electron chi connectivity index (χ4n) is 2.75. The third-order valence-electron chi connectivity index (χ3n) is 4.29. The van der Waals surface area contributed by atoms with Crippen molar-refractivity contribution in [1.29, 1.82) is 0 Å². The summed E-state index contributed by atoms with van der Waals surface area (Å²) in [6.45, 7) is 4.23. The number of rotatable bonds is 4. The summed E-state index contributed by atoms with van der Waals surface area (Å²) in [5.74, 6) is 0. The maximum atomic E-state index is 2.28. The summed E-state index contributed by atoms with van der Waals surface area (Å²) in [7, 11) is 0. The molecule has 0 saturated carbocycles. The second-order valence-electron chi connectivity index (χ2n) is 6.53. The minimum Gasteiger partial charge on any atom is -0.125 e. The van der Waals surface area contributed by atoms with Crippen LogP contribution >= 0.6 is 22.7 Å². The molecular formula is C24H20S2. The summed E-state index contributed by atoms with van der Waals surface area (Å²) in [4.78, 5) is 2.61. The minimum atomic E-state index is 1.24. The molecule has 0 fully saturated rings. The first-order valence-corrected chi connectivity index (χ1v) is 10.3. The van der Waals surface area contributed by atoms with Gasteiger partial charge in [0.15, 0.2) is 0 Å². The van der Waals surface area contributed by atoms with Gasteiger partial charge in [0.05, 0.1) is 4.01 Å². The van der Waals surface area contributed by atoms with E-state index in [0.717, 1.165) is 0 Å². The molecule has 0 nitrogen and oxygen atoms in total. The molecule has 0 unspecified atom stereocenters. The van der Waals surface area contributed by atoms with Gasteiger partial charge in [-0.3, -0.25) is 0 Å². The third-order valence-corrected chi connectivity index (χ3v) is 6.61. The van der Waals surface area contributed by atoms with Crippen molar-refractivity contribution in [3.8, 4) is 0 Å². The molecule has 0 bridgehead atoms. The van der Waals surface area contributed by atoms with Crippen molar-refractivity contribution < 1.29 is 0 Å². The van der Waals surface area contributed by atoms with Crippen LogP contribution in [0.15, 0.2) is 60.7 Å². The molecule has 0 aliphatic rings. The van der Waals surface area contributed by atoms with Crippen LogP contribution in [-0.4, -0.2) is 0 Å². The van der Waals surface area contributed by atoms with Crippen LogP contribution in [0.25, 0.3) is 33.7 Å². The highest BCUT2D eigenvalue weighted by atomic mass is 32.2. The van der Waals surface area contributed by atoms with Gasteiger partial charge in [0.2, 0.25) is 0 Å². The molecule has 0 N–H and O–H groups in total. The second kappa shape index (κ2) is 7.45. The summed E-state index contributed by atoms with van der Waals surface area (Å²) < 4.78 is 1.39. The van der Waals surface area contributed by atoms with Crippen molar-refractivity contribution in [3.05, 3.63) is 92.7 Å². The summed E-state index contributed by atoms with van der Waals surface area (Å²) in [5, 5.41) is 1.34. The van der Waals surface area contributed by atoms with Gasteiger partial charge >= 0.3 is 0 Å². The maximum Gasteiger partial charge on any atom is 0.0877 e. The van der Waals surface area contributed by atoms with Crippen LogP contribution in [0.5, 0.6) is 0 Å². The minimum absolute atomic E-state index is 1.24. The molecule has 0 aliphatic heterocycles. The number of fused-ring (bicyclic) bond motifs is 1. The van der Waals surface area contributed by atoms with Gasteiger partial charge in [0.1, 0.15) is 0 Å². The fourth-order valence-corrected chi connectivity index (χ4v) is 5.04. The quantitative estimate of drug-likeness (QED) is 0.341. The molecule has 0 saturated heterocycles. The molecule has 4 aromatic rings. The lowest BCUT2D eigenvalue weighted by atomic mass is 10.1. The van der Waals surface area contributed by atoms with Crippen molar-refractivity contribution in [2.45, 2.75) is 13.8 Å². The number of hydrogen-bond donors (Lipinski definition) is 0. The van der Waals surface area contributed by atoms with Gasteiger partial charge in [-0.05, 0) is 49.3 Å². The first kappa shape index (κ1) is 17.0. The number of thiophene rings is 2. The molecule has 4 rings (SSSR count). The molecule has 2 aromatic heterocycles. The zero-order valence-electron chi connectivity index (χ0n) is 14.9. The van der Waals surface area contributed by atoms with E-state index in [0.29, 0.717) is 0 Å². The van der Waals surface area contributed by atoms with Crippen LogP contribution < -0.4 is 0 Å². The van der Waals surface area contributed by atoms with Gasteiger partial charge in [-0.25, -0.2) is 0 Å². The average Bonchev–Trinajstić information content (AvgIpc) is 3.19. The van der Waals surface area contributed by atoms with E-state index in [1.54, 1.807) is 0 Å². The SMILES string of the molecule is Cc1ccc(/C=C/c2cc3cc(/C=C/c4ccc(C)cc4)sc3s2)cc1. The summed E-state index contributed by atoms with van der Waals surface area (Å²) >= 11 is 3.72. The van der Waals surface area contributed by atoms with Crippen LogP contribution in [0.4, 0.5) is 0 Å². The monoisotopic (exact) mass is 372 g/mol. The second-order valence-corrected chi connectivity index (χ2v) is 8.95. The molecule has 2 heteroatoms. The predicted molar refractivity (Wildman–Crippen MR) is 120 cm³/mol. The van der Waals surface area contributed by atoms with Crippen LogP contribution in [0.3, 0.4) is 0 Å². The lowest BCUT2D eigenvalue weighted by Crippen LogP contribution is -1.73. The van der Waals surface area contributed by atoms with E-state index in [-0.39, 0.29) is 0 Å². The lowest BCUT2D eigenvalue weighted by Gasteiger charge is -1.94. The van der Waals surface area contributed by atoms with E-state index in [9.17, 15) is 0 Å². The number of aryl methyl sites for hydroxylation is 2. The molecule has 0 spiro atoms. The van der Waals surface area contributed by atoms with Crippen molar-refractivity contribution in [1.82, 2.24) is 0 Å². The fraction of sp³-hybridized carbons (Fsp3) is 0.0833. The molecule has 0 amide bonds. The first-order valence-electron chi connectivity index (χ1n) is 8.69. The van der Waals surface area contributed by atoms with Gasteiger partial charge in [-0.1, -0.05) is 71.8 Å². The molecule has 0 atom stereocenters. The van der Waals surface area contributed by atoms with Crippen LogP contribution in [0, 0.1) is 13.8 Å². The van der Waals surface area contributed by atoms with Gasteiger partial charge in [0, 0.05) is 15.1 Å². The van der Waals surface area contributed by atoms with Gasteiger partial charge in [-0.2, -0.15) is 0 Å². The highest BCUT2D eigenvalue weighted by Crippen LogP contribution is 2.35. The van der Waals surface area contributed by atoms with E-state index in [4.69, 9.17) is 0 Å². The van der Waals surface area contributed by atoms with Gasteiger partial charge in [0.25, 0.3) is 0 Å². The number of hydrogen-bond acceptors (Lipinski definition) is 2. The molecular weight excluding hydrogens is 352 g/mol. The van der Waals surface area contributed by atoms with E-state index in [2.05, 4.69) is 98.8 Å². The highest BCUT2D eigenvalue weighted by molar-refractivity contribution is 7.39. The van der Waals surface area contributed by atoms with E-state index >= 15 is 0 Å². The molecule has 0 radical (unpaired) electrons. The Morgan fingerprint density at radius 2 is 1.00 bits per heavy atom.